The van der Waals surface area contributed by atoms with Gasteiger partial charge in [-0.25, -0.2) is 0 Å². The molecule has 5 heteroatoms. The number of carbonyl (C=O) groups is 2. The molecule has 0 aromatic heterocycles. The van der Waals surface area contributed by atoms with E-state index >= 15 is 0 Å². The molecule has 0 atom stereocenters. The summed E-state index contributed by atoms with van der Waals surface area (Å²) < 4.78 is 0. The molecule has 4 aromatic carbocycles. The van der Waals surface area contributed by atoms with Crippen molar-refractivity contribution in [1.29, 1.82) is 0 Å². The van der Waals surface area contributed by atoms with Crippen LogP contribution in [0.1, 0.15) is 34.1 Å². The van der Waals surface area contributed by atoms with Crippen LogP contribution >= 0.6 is 0 Å². The number of benzene rings is 4. The van der Waals surface area contributed by atoms with Gasteiger partial charge in [-0.2, -0.15) is 0 Å². The van der Waals surface area contributed by atoms with Crippen LogP contribution in [0.25, 0.3) is 0 Å². The zero-order valence-electron chi connectivity index (χ0n) is 17.7. The van der Waals surface area contributed by atoms with E-state index in [1.54, 1.807) is 48.5 Å². The van der Waals surface area contributed by atoms with Gasteiger partial charge in [-0.05, 0) is 22.3 Å². The van der Waals surface area contributed by atoms with Crippen molar-refractivity contribution < 1.29 is 69.2 Å². The zero-order chi connectivity index (χ0) is 22.8. The molecule has 1 radical (unpaired) electrons. The van der Waals surface area contributed by atoms with Gasteiger partial charge in [0.05, 0.1) is 11.9 Å². The van der Waals surface area contributed by atoms with E-state index in [1.807, 2.05) is 72.8 Å². The summed E-state index contributed by atoms with van der Waals surface area (Å²) in [5.74, 6) is -3.53. The largest absolute Gasteiger partial charge is 2.00 e. The van der Waals surface area contributed by atoms with Gasteiger partial charge in [0.15, 0.2) is 0 Å². The summed E-state index contributed by atoms with van der Waals surface area (Å²) in [6, 6.07) is 36.5. The molecule has 0 N–H and O–H groups in total. The Hall–Kier alpha value is -2.60. The molecule has 0 saturated heterocycles. The normalized spacial score (nSPS) is 10.0. The fraction of sp³-hybridized carbons (Fsp3) is 0.0714. The molecule has 0 aliphatic carbocycles. The van der Waals surface area contributed by atoms with E-state index in [-0.39, 0.29) is 49.4 Å². The van der Waals surface area contributed by atoms with Gasteiger partial charge in [0.25, 0.3) is 0 Å². The first kappa shape index (κ1) is 26.7. The molecule has 0 heterocycles. The third kappa shape index (κ3) is 7.74. The number of hydrogen-bond acceptors (Lipinski definition) is 4. The monoisotopic (exact) mass is 575 g/mol. The second-order valence-corrected chi connectivity index (χ2v) is 7.15. The molecule has 4 aromatic rings. The fourth-order valence-corrected chi connectivity index (χ4v) is 3.51. The van der Waals surface area contributed by atoms with Crippen molar-refractivity contribution in [2.24, 2.45) is 0 Å². The summed E-state index contributed by atoms with van der Waals surface area (Å²) >= 11 is 0. The van der Waals surface area contributed by atoms with Crippen molar-refractivity contribution in [2.75, 3.05) is 0 Å². The minimum Gasteiger partial charge on any atom is -0.549 e. The van der Waals surface area contributed by atoms with Crippen molar-refractivity contribution >= 4 is 11.9 Å². The predicted molar refractivity (Wildman–Crippen MR) is 119 cm³/mol. The smallest absolute Gasteiger partial charge is 0.549 e. The van der Waals surface area contributed by atoms with E-state index in [2.05, 4.69) is 0 Å². The number of rotatable bonds is 6. The topological polar surface area (TPSA) is 80.3 Å². The van der Waals surface area contributed by atoms with E-state index in [9.17, 15) is 19.8 Å². The van der Waals surface area contributed by atoms with E-state index in [4.69, 9.17) is 0 Å². The number of carboxylic acids is 2. The molecule has 0 fully saturated rings. The summed E-state index contributed by atoms with van der Waals surface area (Å²) in [6.07, 6.45) is 0. The average Bonchev–Trinajstić information content (AvgIpc) is 2.82. The van der Waals surface area contributed by atoms with Crippen molar-refractivity contribution in [1.82, 2.24) is 0 Å². The van der Waals surface area contributed by atoms with Crippen LogP contribution in [-0.4, -0.2) is 11.9 Å². The fourth-order valence-electron chi connectivity index (χ4n) is 3.51. The van der Waals surface area contributed by atoms with Crippen LogP contribution in [0.3, 0.4) is 0 Å². The molecule has 0 unspecified atom stereocenters. The van der Waals surface area contributed by atoms with Crippen LogP contribution < -0.4 is 10.2 Å². The molecule has 0 aliphatic rings. The summed E-state index contributed by atoms with van der Waals surface area (Å²) in [4.78, 5) is 22.4. The van der Waals surface area contributed by atoms with Gasteiger partial charge >= 0.3 is 49.4 Å². The molecule has 0 bridgehead atoms. The molecule has 0 saturated carbocycles. The van der Waals surface area contributed by atoms with Gasteiger partial charge in [0.2, 0.25) is 0 Å². The first-order valence-electron chi connectivity index (χ1n) is 10.2. The molecule has 0 spiro atoms. The standard InChI is InChI=1S/2C14H12O2.Eu/c2*15-14(16)13(11-7-3-1-4-8-11)12-9-5-2-6-10-12;/h2*1-10,13H,(H,15,16);/q;;+2/p-2. The Kier molecular flexibility index (Phi) is 11.2. The van der Waals surface area contributed by atoms with Gasteiger partial charge in [-0.15, -0.1) is 0 Å². The Balaban J connectivity index is 0.000000227. The second-order valence-electron chi connectivity index (χ2n) is 7.15. The van der Waals surface area contributed by atoms with Crippen LogP contribution in [0, 0.1) is 49.4 Å². The van der Waals surface area contributed by atoms with Crippen molar-refractivity contribution in [3.63, 3.8) is 0 Å². The predicted octanol–water partition coefficient (Wildman–Crippen LogP) is 3.14. The van der Waals surface area contributed by atoms with E-state index in [1.165, 1.54) is 0 Å². The molecular weight excluding hydrogens is 552 g/mol. The van der Waals surface area contributed by atoms with Crippen molar-refractivity contribution in [3.8, 4) is 0 Å². The third-order valence-electron chi connectivity index (χ3n) is 5.00. The maximum absolute atomic E-state index is 11.2. The summed E-state index contributed by atoms with van der Waals surface area (Å²) in [5.41, 5.74) is 2.98. The molecule has 165 valence electrons. The maximum Gasteiger partial charge on any atom is 2.00 e. The van der Waals surface area contributed by atoms with Crippen LogP contribution in [0.15, 0.2) is 121 Å². The maximum atomic E-state index is 11.2. The Morgan fingerprint density at radius 3 is 0.758 bits per heavy atom. The second kappa shape index (κ2) is 13.8. The quantitative estimate of drug-likeness (QED) is 0.355. The Morgan fingerprint density at radius 1 is 0.424 bits per heavy atom. The van der Waals surface area contributed by atoms with Crippen LogP contribution in [0.5, 0.6) is 0 Å². The van der Waals surface area contributed by atoms with Crippen molar-refractivity contribution in [3.05, 3.63) is 144 Å². The van der Waals surface area contributed by atoms with Gasteiger partial charge in [0, 0.05) is 11.8 Å². The minimum atomic E-state index is -1.07. The summed E-state index contributed by atoms with van der Waals surface area (Å²) in [5, 5.41) is 22.4. The Bertz CT molecular complexity index is 946. The SMILES string of the molecule is O=C([O-])C(c1ccccc1)c1ccccc1.O=C([O-])C(c1ccccc1)c1ccccc1.[Eu+2]. The minimum absolute atomic E-state index is 0. The molecule has 4 rings (SSSR count). The first-order valence-corrected chi connectivity index (χ1v) is 10.2. The van der Waals surface area contributed by atoms with Gasteiger partial charge in [-0.3, -0.25) is 0 Å². The van der Waals surface area contributed by atoms with Gasteiger partial charge < -0.3 is 19.8 Å². The summed E-state index contributed by atoms with van der Waals surface area (Å²) in [6.45, 7) is 0. The van der Waals surface area contributed by atoms with E-state index < -0.39 is 23.8 Å². The van der Waals surface area contributed by atoms with E-state index in [0.717, 1.165) is 22.3 Å². The number of aliphatic carboxylic acids is 2. The Labute approximate surface area is 234 Å². The van der Waals surface area contributed by atoms with E-state index in [0.29, 0.717) is 0 Å². The van der Waals surface area contributed by atoms with Gasteiger partial charge in [0.1, 0.15) is 0 Å². The molecule has 33 heavy (non-hydrogen) atoms. The van der Waals surface area contributed by atoms with Crippen LogP contribution in [-0.2, 0) is 9.59 Å². The van der Waals surface area contributed by atoms with Gasteiger partial charge in [-0.1, -0.05) is 121 Å². The molecule has 4 nitrogen and oxygen atoms in total. The molecule has 0 amide bonds. The van der Waals surface area contributed by atoms with Crippen LogP contribution in [0.2, 0.25) is 0 Å². The molecular formula is C28H22EuO4. The first-order chi connectivity index (χ1) is 15.6. The average molecular weight is 574 g/mol. The zero-order valence-corrected chi connectivity index (χ0v) is 20.1. The molecule has 0 aliphatic heterocycles. The summed E-state index contributed by atoms with van der Waals surface area (Å²) in [7, 11) is 0. The van der Waals surface area contributed by atoms with Crippen LogP contribution in [0.4, 0.5) is 0 Å². The van der Waals surface area contributed by atoms with Crippen molar-refractivity contribution in [2.45, 2.75) is 11.8 Å². The number of carbonyl (C=O) groups excluding carboxylic acids is 2. The number of hydrogen-bond donors (Lipinski definition) is 0. The number of carboxylic acid groups (broad SMARTS) is 2. The third-order valence-corrected chi connectivity index (χ3v) is 5.00. The Morgan fingerprint density at radius 2 is 0.606 bits per heavy atom.